The quantitative estimate of drug-likeness (QED) is 0.849. The van der Waals surface area contributed by atoms with Gasteiger partial charge in [0.1, 0.15) is 6.33 Å². The molecule has 0 radical (unpaired) electrons. The van der Waals surface area contributed by atoms with Crippen molar-refractivity contribution in [3.8, 4) is 5.75 Å². The molecular formula is C18H22ClN5O2. The van der Waals surface area contributed by atoms with Crippen molar-refractivity contribution in [3.63, 3.8) is 0 Å². The second-order valence-electron chi connectivity index (χ2n) is 6.16. The highest BCUT2D eigenvalue weighted by Crippen LogP contribution is 2.24. The van der Waals surface area contributed by atoms with Gasteiger partial charge in [-0.05, 0) is 24.1 Å². The largest absolute Gasteiger partial charge is 0.491 e. The molecule has 1 amide bonds. The van der Waals surface area contributed by atoms with E-state index in [1.807, 2.05) is 29.2 Å². The smallest absolute Gasteiger partial charge is 0.239 e. The molecular weight excluding hydrogens is 354 g/mol. The Balaban J connectivity index is 1.57. The van der Waals surface area contributed by atoms with Crippen LogP contribution < -0.4 is 15.4 Å². The summed E-state index contributed by atoms with van der Waals surface area (Å²) in [6.45, 7) is 2.54. The van der Waals surface area contributed by atoms with Crippen LogP contribution in [0.15, 0.2) is 36.8 Å². The fourth-order valence-electron chi connectivity index (χ4n) is 3.03. The molecule has 1 aliphatic heterocycles. The van der Waals surface area contributed by atoms with Gasteiger partial charge in [-0.15, -0.1) is 0 Å². The molecule has 26 heavy (non-hydrogen) atoms. The van der Waals surface area contributed by atoms with E-state index in [9.17, 15) is 4.79 Å². The molecule has 1 unspecified atom stereocenters. The summed E-state index contributed by atoms with van der Waals surface area (Å²) in [4.78, 5) is 24.8. The third kappa shape index (κ3) is 4.23. The van der Waals surface area contributed by atoms with E-state index in [-0.39, 0.29) is 5.91 Å². The van der Waals surface area contributed by atoms with Gasteiger partial charge >= 0.3 is 0 Å². The molecule has 0 saturated carbocycles. The second-order valence-corrected chi connectivity index (χ2v) is 6.60. The number of nitrogens with zero attached hydrogens (tertiary/aromatic N) is 4. The lowest BCUT2D eigenvalue weighted by atomic mass is 10.1. The number of anilines is 1. The van der Waals surface area contributed by atoms with Gasteiger partial charge in [0.2, 0.25) is 5.91 Å². The molecule has 3 rings (SSSR count). The standard InChI is InChI=1S/C18H22ClN5O2/c1-26-16-11-21-12-22-17(16)23-6-8-24(9-7-23)18(25)15(20)10-13-2-4-14(19)5-3-13/h2-5,11-12,15H,6-10,20H2,1H3. The van der Waals surface area contributed by atoms with Crippen LogP contribution in [0.25, 0.3) is 0 Å². The van der Waals surface area contributed by atoms with E-state index in [0.717, 1.165) is 11.4 Å². The number of aromatic nitrogens is 2. The number of halogens is 1. The Morgan fingerprint density at radius 2 is 1.96 bits per heavy atom. The maximum atomic E-state index is 12.6. The van der Waals surface area contributed by atoms with Gasteiger partial charge in [0, 0.05) is 31.2 Å². The van der Waals surface area contributed by atoms with Gasteiger partial charge in [-0.25, -0.2) is 9.97 Å². The molecule has 1 aromatic carbocycles. The molecule has 1 aliphatic rings. The average Bonchev–Trinajstić information content (AvgIpc) is 2.69. The number of carbonyl (C=O) groups excluding carboxylic acids is 1. The zero-order valence-electron chi connectivity index (χ0n) is 14.6. The molecule has 1 saturated heterocycles. The molecule has 8 heteroatoms. The molecule has 0 bridgehead atoms. The van der Waals surface area contributed by atoms with Crippen LogP contribution in [0.2, 0.25) is 5.02 Å². The lowest BCUT2D eigenvalue weighted by Crippen LogP contribution is -2.53. The van der Waals surface area contributed by atoms with Crippen LogP contribution in [0.5, 0.6) is 5.75 Å². The Morgan fingerprint density at radius 3 is 2.62 bits per heavy atom. The highest BCUT2D eigenvalue weighted by atomic mass is 35.5. The minimum absolute atomic E-state index is 0.0331. The second kappa shape index (κ2) is 8.33. The van der Waals surface area contributed by atoms with Crippen LogP contribution in [0.4, 0.5) is 5.82 Å². The maximum Gasteiger partial charge on any atom is 0.239 e. The molecule has 0 spiro atoms. The number of benzene rings is 1. The van der Waals surface area contributed by atoms with Gasteiger partial charge in [0.05, 0.1) is 19.3 Å². The van der Waals surface area contributed by atoms with Crippen molar-refractivity contribution in [1.82, 2.24) is 14.9 Å². The number of ether oxygens (including phenoxy) is 1. The molecule has 1 fully saturated rings. The van der Waals surface area contributed by atoms with Crippen molar-refractivity contribution in [1.29, 1.82) is 0 Å². The Labute approximate surface area is 157 Å². The lowest BCUT2D eigenvalue weighted by molar-refractivity contribution is -0.132. The predicted octanol–water partition coefficient (Wildman–Crippen LogP) is 1.36. The first kappa shape index (κ1) is 18.4. The van der Waals surface area contributed by atoms with Gasteiger partial charge in [0.15, 0.2) is 11.6 Å². The fraction of sp³-hybridized carbons (Fsp3) is 0.389. The van der Waals surface area contributed by atoms with Crippen molar-refractivity contribution in [2.24, 2.45) is 5.73 Å². The SMILES string of the molecule is COc1cncnc1N1CCN(C(=O)C(N)Cc2ccc(Cl)cc2)CC1. The Hall–Kier alpha value is -2.38. The summed E-state index contributed by atoms with van der Waals surface area (Å²) in [5.74, 6) is 1.35. The van der Waals surface area contributed by atoms with E-state index < -0.39 is 6.04 Å². The van der Waals surface area contributed by atoms with Crippen molar-refractivity contribution in [2.75, 3.05) is 38.2 Å². The lowest BCUT2D eigenvalue weighted by Gasteiger charge is -2.36. The van der Waals surface area contributed by atoms with E-state index >= 15 is 0 Å². The average molecular weight is 376 g/mol. The summed E-state index contributed by atoms with van der Waals surface area (Å²) in [5.41, 5.74) is 7.13. The van der Waals surface area contributed by atoms with Crippen molar-refractivity contribution < 1.29 is 9.53 Å². The highest BCUT2D eigenvalue weighted by Gasteiger charge is 2.27. The molecule has 2 heterocycles. The summed E-state index contributed by atoms with van der Waals surface area (Å²) < 4.78 is 5.31. The Kier molecular flexibility index (Phi) is 5.90. The first-order valence-corrected chi connectivity index (χ1v) is 8.84. The normalized spacial score (nSPS) is 15.7. The van der Waals surface area contributed by atoms with E-state index in [1.165, 1.54) is 6.33 Å². The maximum absolute atomic E-state index is 12.6. The number of hydrogen-bond acceptors (Lipinski definition) is 6. The summed E-state index contributed by atoms with van der Waals surface area (Å²) in [6, 6.07) is 6.85. The first-order valence-electron chi connectivity index (χ1n) is 8.46. The van der Waals surface area contributed by atoms with E-state index in [4.69, 9.17) is 22.1 Å². The van der Waals surface area contributed by atoms with Crippen molar-refractivity contribution in [3.05, 3.63) is 47.4 Å². The van der Waals surface area contributed by atoms with E-state index in [1.54, 1.807) is 13.3 Å². The van der Waals surface area contributed by atoms with Gasteiger partial charge < -0.3 is 20.3 Å². The zero-order chi connectivity index (χ0) is 18.5. The van der Waals surface area contributed by atoms with Crippen molar-refractivity contribution >= 4 is 23.3 Å². The Bertz CT molecular complexity index is 748. The molecule has 0 aliphatic carbocycles. The number of methoxy groups -OCH3 is 1. The summed E-state index contributed by atoms with van der Waals surface area (Å²) in [7, 11) is 1.59. The minimum atomic E-state index is -0.559. The highest BCUT2D eigenvalue weighted by molar-refractivity contribution is 6.30. The topological polar surface area (TPSA) is 84.6 Å². The van der Waals surface area contributed by atoms with Gasteiger partial charge in [-0.3, -0.25) is 4.79 Å². The first-order chi connectivity index (χ1) is 12.6. The predicted molar refractivity (Wildman–Crippen MR) is 101 cm³/mol. The molecule has 7 nitrogen and oxygen atoms in total. The van der Waals surface area contributed by atoms with Crippen LogP contribution in [-0.4, -0.2) is 60.1 Å². The summed E-state index contributed by atoms with van der Waals surface area (Å²) in [6.07, 6.45) is 3.63. The fourth-order valence-corrected chi connectivity index (χ4v) is 3.15. The number of hydrogen-bond donors (Lipinski definition) is 1. The third-order valence-electron chi connectivity index (χ3n) is 4.46. The number of amides is 1. The number of nitrogens with two attached hydrogens (primary N) is 1. The van der Waals surface area contributed by atoms with Crippen LogP contribution in [0.1, 0.15) is 5.56 Å². The van der Waals surface area contributed by atoms with Crippen LogP contribution in [0, 0.1) is 0 Å². The van der Waals surface area contributed by atoms with Crippen LogP contribution in [-0.2, 0) is 11.2 Å². The third-order valence-corrected chi connectivity index (χ3v) is 4.71. The molecule has 1 atom stereocenters. The molecule has 2 N–H and O–H groups in total. The zero-order valence-corrected chi connectivity index (χ0v) is 15.4. The Morgan fingerprint density at radius 1 is 1.27 bits per heavy atom. The van der Waals surface area contributed by atoms with Gasteiger partial charge in [0.25, 0.3) is 0 Å². The monoisotopic (exact) mass is 375 g/mol. The minimum Gasteiger partial charge on any atom is -0.491 e. The van der Waals surface area contributed by atoms with Crippen molar-refractivity contribution in [2.45, 2.75) is 12.5 Å². The van der Waals surface area contributed by atoms with E-state index in [0.29, 0.717) is 43.4 Å². The molecule has 138 valence electrons. The van der Waals surface area contributed by atoms with Crippen LogP contribution in [0.3, 0.4) is 0 Å². The number of rotatable bonds is 5. The van der Waals surface area contributed by atoms with Crippen LogP contribution >= 0.6 is 11.6 Å². The molecule has 1 aromatic heterocycles. The molecule has 2 aromatic rings. The van der Waals surface area contributed by atoms with E-state index in [2.05, 4.69) is 14.9 Å². The number of piperazine rings is 1. The summed E-state index contributed by atoms with van der Waals surface area (Å²) in [5, 5.41) is 0.671. The van der Waals surface area contributed by atoms with Gasteiger partial charge in [-0.1, -0.05) is 23.7 Å². The van der Waals surface area contributed by atoms with Gasteiger partial charge in [-0.2, -0.15) is 0 Å². The summed E-state index contributed by atoms with van der Waals surface area (Å²) >= 11 is 5.89. The number of carbonyl (C=O) groups is 1.